The average Bonchev–Trinajstić information content (AvgIpc) is 2.96. The molecule has 2 aromatic rings. The predicted molar refractivity (Wildman–Crippen MR) is 90.1 cm³/mol. The van der Waals surface area contributed by atoms with E-state index < -0.39 is 5.82 Å². The lowest BCUT2D eigenvalue weighted by Crippen LogP contribution is -2.46. The highest BCUT2D eigenvalue weighted by atomic mass is 19.1. The first-order valence-electron chi connectivity index (χ1n) is 8.17. The van der Waals surface area contributed by atoms with Crippen LogP contribution in [0.2, 0.25) is 0 Å². The van der Waals surface area contributed by atoms with Gasteiger partial charge < -0.3 is 24.2 Å². The third kappa shape index (κ3) is 3.07. The number of amides is 1. The van der Waals surface area contributed by atoms with Crippen LogP contribution in [-0.2, 0) is 11.3 Å². The van der Waals surface area contributed by atoms with Gasteiger partial charge in [0.2, 0.25) is 5.58 Å². The lowest BCUT2D eigenvalue weighted by molar-refractivity contribution is -0.00550. The molecule has 1 saturated heterocycles. The molecule has 8 heteroatoms. The third-order valence-corrected chi connectivity index (χ3v) is 4.27. The first-order chi connectivity index (χ1) is 11.8. The van der Waals surface area contributed by atoms with Gasteiger partial charge in [-0.3, -0.25) is 4.79 Å². The summed E-state index contributed by atoms with van der Waals surface area (Å²) >= 11 is 0. The van der Waals surface area contributed by atoms with Crippen molar-refractivity contribution in [1.82, 2.24) is 10.1 Å². The van der Waals surface area contributed by atoms with E-state index in [1.807, 2.05) is 18.7 Å². The van der Waals surface area contributed by atoms with E-state index in [0.717, 1.165) is 0 Å². The van der Waals surface area contributed by atoms with Crippen LogP contribution in [0.15, 0.2) is 10.6 Å². The Morgan fingerprint density at radius 2 is 2.04 bits per heavy atom. The van der Waals surface area contributed by atoms with Crippen molar-refractivity contribution in [2.75, 3.05) is 32.1 Å². The summed E-state index contributed by atoms with van der Waals surface area (Å²) in [5, 5.41) is 13.8. The van der Waals surface area contributed by atoms with Crippen LogP contribution in [0.1, 0.15) is 29.9 Å². The zero-order valence-corrected chi connectivity index (χ0v) is 14.7. The smallest absolute Gasteiger partial charge is 0.276 e. The molecule has 0 aliphatic carbocycles. The average molecular weight is 351 g/mol. The number of anilines is 1. The van der Waals surface area contributed by atoms with E-state index in [-0.39, 0.29) is 47.1 Å². The van der Waals surface area contributed by atoms with E-state index in [2.05, 4.69) is 5.16 Å². The number of rotatable bonds is 3. The molecule has 3 rings (SSSR count). The molecule has 1 amide bonds. The number of carbonyl (C=O) groups excluding carboxylic acids is 1. The molecule has 2 unspecified atom stereocenters. The number of carbonyl (C=O) groups is 1. The number of benzene rings is 1. The van der Waals surface area contributed by atoms with Crippen molar-refractivity contribution in [2.24, 2.45) is 0 Å². The molecule has 136 valence electrons. The highest BCUT2D eigenvalue weighted by Gasteiger charge is 2.30. The monoisotopic (exact) mass is 351 g/mol. The molecule has 0 spiro atoms. The third-order valence-electron chi connectivity index (χ3n) is 4.27. The number of ether oxygens (including phenoxy) is 1. The number of hydrogen-bond donors (Lipinski definition) is 1. The maximum absolute atomic E-state index is 15.2. The van der Waals surface area contributed by atoms with Crippen molar-refractivity contribution in [3.63, 3.8) is 0 Å². The zero-order chi connectivity index (χ0) is 18.3. The van der Waals surface area contributed by atoms with Gasteiger partial charge in [-0.05, 0) is 19.9 Å². The Balaban J connectivity index is 2.14. The second kappa shape index (κ2) is 6.61. The fraction of sp³-hybridized carbons (Fsp3) is 0.529. The van der Waals surface area contributed by atoms with Crippen LogP contribution in [0.5, 0.6) is 0 Å². The number of halogens is 1. The van der Waals surface area contributed by atoms with Gasteiger partial charge in [-0.2, -0.15) is 0 Å². The van der Waals surface area contributed by atoms with Crippen molar-refractivity contribution in [3.8, 4) is 0 Å². The molecule has 0 bridgehead atoms. The molecule has 1 aliphatic heterocycles. The molecular formula is C17H22FN3O4. The summed E-state index contributed by atoms with van der Waals surface area (Å²) in [6.07, 6.45) is -0.128. The Morgan fingerprint density at radius 3 is 2.60 bits per heavy atom. The van der Waals surface area contributed by atoms with E-state index in [1.165, 1.54) is 4.90 Å². The molecule has 1 fully saturated rings. The summed E-state index contributed by atoms with van der Waals surface area (Å²) in [6, 6.07) is 1.58. The molecule has 0 saturated carbocycles. The largest absolute Gasteiger partial charge is 0.392 e. The van der Waals surface area contributed by atoms with E-state index in [1.54, 1.807) is 20.2 Å². The van der Waals surface area contributed by atoms with Gasteiger partial charge in [0.25, 0.3) is 5.91 Å². The quantitative estimate of drug-likeness (QED) is 0.908. The standard InChI is InChI=1S/C17H22FN3O4/c1-9-6-21(7-10(2)24-9)15-11(8-22)5-12-14(17(23)20(3)4)19-25-16(12)13(15)18/h5,9-10,22H,6-8H2,1-4H3. The summed E-state index contributed by atoms with van der Waals surface area (Å²) in [5.74, 6) is -1.00. The molecule has 2 heterocycles. The summed E-state index contributed by atoms with van der Waals surface area (Å²) in [6.45, 7) is 4.47. The minimum atomic E-state index is -0.617. The maximum atomic E-state index is 15.2. The molecule has 1 aromatic heterocycles. The van der Waals surface area contributed by atoms with Crippen LogP contribution in [0.25, 0.3) is 11.0 Å². The second-order valence-electron chi connectivity index (χ2n) is 6.63. The summed E-state index contributed by atoms with van der Waals surface area (Å²) < 4.78 is 26.0. The Kier molecular flexibility index (Phi) is 4.66. The van der Waals surface area contributed by atoms with E-state index >= 15 is 4.39 Å². The van der Waals surface area contributed by atoms with Crippen LogP contribution in [0.4, 0.5) is 10.1 Å². The topological polar surface area (TPSA) is 79.0 Å². The molecule has 1 N–H and O–H groups in total. The molecule has 1 aromatic carbocycles. The molecule has 7 nitrogen and oxygen atoms in total. The molecule has 2 atom stereocenters. The predicted octanol–water partition coefficient (Wildman–Crippen LogP) is 1.77. The van der Waals surface area contributed by atoms with Gasteiger partial charge in [0.15, 0.2) is 11.5 Å². The van der Waals surface area contributed by atoms with E-state index in [9.17, 15) is 9.90 Å². The number of hydrogen-bond acceptors (Lipinski definition) is 6. The van der Waals surface area contributed by atoms with Gasteiger partial charge >= 0.3 is 0 Å². The fourth-order valence-electron chi connectivity index (χ4n) is 3.27. The maximum Gasteiger partial charge on any atom is 0.276 e. The summed E-state index contributed by atoms with van der Waals surface area (Å²) in [4.78, 5) is 15.4. The van der Waals surface area contributed by atoms with Crippen LogP contribution in [-0.4, -0.2) is 60.5 Å². The highest BCUT2D eigenvalue weighted by Crippen LogP contribution is 2.35. The minimum absolute atomic E-state index is 0.0314. The molecule has 1 aliphatic rings. The number of nitrogens with zero attached hydrogens (tertiary/aromatic N) is 3. The Hall–Kier alpha value is -2.19. The number of aliphatic hydroxyl groups is 1. The minimum Gasteiger partial charge on any atom is -0.392 e. The van der Waals surface area contributed by atoms with Gasteiger partial charge in [0.05, 0.1) is 29.9 Å². The zero-order valence-electron chi connectivity index (χ0n) is 14.7. The summed E-state index contributed by atoms with van der Waals surface area (Å²) in [5.41, 5.74) is 0.618. The Morgan fingerprint density at radius 1 is 1.40 bits per heavy atom. The van der Waals surface area contributed by atoms with Gasteiger partial charge in [0, 0.05) is 32.7 Å². The van der Waals surface area contributed by atoms with Crippen LogP contribution < -0.4 is 4.90 Å². The number of aliphatic hydroxyl groups excluding tert-OH is 1. The van der Waals surface area contributed by atoms with Gasteiger partial charge in [-0.25, -0.2) is 4.39 Å². The normalized spacial score (nSPS) is 21.0. The first-order valence-corrected chi connectivity index (χ1v) is 8.17. The van der Waals surface area contributed by atoms with E-state index in [4.69, 9.17) is 9.26 Å². The second-order valence-corrected chi connectivity index (χ2v) is 6.63. The molecule has 25 heavy (non-hydrogen) atoms. The Bertz CT molecular complexity index is 795. The van der Waals surface area contributed by atoms with Gasteiger partial charge in [0.1, 0.15) is 0 Å². The number of fused-ring (bicyclic) bond motifs is 1. The SMILES string of the molecule is CC1CN(c2c(CO)cc3c(C(=O)N(C)C)noc3c2F)CC(C)O1. The van der Waals surface area contributed by atoms with Gasteiger partial charge in [-0.15, -0.1) is 0 Å². The number of aromatic nitrogens is 1. The number of morpholine rings is 1. The van der Waals surface area contributed by atoms with Crippen molar-refractivity contribution < 1.29 is 23.6 Å². The van der Waals surface area contributed by atoms with Crippen molar-refractivity contribution in [1.29, 1.82) is 0 Å². The van der Waals surface area contributed by atoms with Crippen LogP contribution in [0.3, 0.4) is 0 Å². The van der Waals surface area contributed by atoms with Crippen molar-refractivity contribution in [2.45, 2.75) is 32.7 Å². The van der Waals surface area contributed by atoms with Crippen molar-refractivity contribution in [3.05, 3.63) is 23.1 Å². The van der Waals surface area contributed by atoms with E-state index in [0.29, 0.717) is 18.7 Å². The summed E-state index contributed by atoms with van der Waals surface area (Å²) in [7, 11) is 3.16. The lowest BCUT2D eigenvalue weighted by atomic mass is 10.0. The molecule has 0 radical (unpaired) electrons. The van der Waals surface area contributed by atoms with Crippen LogP contribution >= 0.6 is 0 Å². The molecular weight excluding hydrogens is 329 g/mol. The Labute approximate surface area is 144 Å². The van der Waals surface area contributed by atoms with Crippen LogP contribution in [0, 0.1) is 5.82 Å². The van der Waals surface area contributed by atoms with Crippen molar-refractivity contribution >= 4 is 22.6 Å². The highest BCUT2D eigenvalue weighted by molar-refractivity contribution is 6.05. The fourth-order valence-corrected chi connectivity index (χ4v) is 3.27. The van der Waals surface area contributed by atoms with Gasteiger partial charge in [-0.1, -0.05) is 5.16 Å². The first kappa shape index (κ1) is 17.6. The lowest BCUT2D eigenvalue weighted by Gasteiger charge is -2.37.